The summed E-state index contributed by atoms with van der Waals surface area (Å²) < 4.78 is 0. The molecule has 0 aliphatic rings. The number of nitro groups is 1. The van der Waals surface area contributed by atoms with Gasteiger partial charge in [0.25, 0.3) is 5.69 Å². The van der Waals surface area contributed by atoms with E-state index >= 15 is 0 Å². The molecule has 0 fully saturated rings. The Labute approximate surface area is 92.2 Å². The van der Waals surface area contributed by atoms with Crippen molar-refractivity contribution in [1.82, 2.24) is 4.98 Å². The maximum absolute atomic E-state index is 10.0. The van der Waals surface area contributed by atoms with Gasteiger partial charge in [0.15, 0.2) is 0 Å². The van der Waals surface area contributed by atoms with Gasteiger partial charge in [-0.25, -0.2) is 0 Å². The Hall–Kier alpha value is -2.43. The molecule has 0 aliphatic heterocycles. The number of hydrogen-bond acceptors (Lipinski definition) is 4. The zero-order chi connectivity index (χ0) is 11.8. The molecule has 0 bridgehead atoms. The molecular weight excluding hydrogens is 208 g/mol. The molecule has 0 aliphatic carbocycles. The Kier molecular flexibility index (Phi) is 4.46. The molecule has 0 amide bonds. The van der Waals surface area contributed by atoms with Crippen LogP contribution >= 0.6 is 0 Å². The Morgan fingerprint density at radius 2 is 1.62 bits per heavy atom. The summed E-state index contributed by atoms with van der Waals surface area (Å²) in [7, 11) is 0. The van der Waals surface area contributed by atoms with Crippen LogP contribution in [-0.2, 0) is 0 Å². The summed E-state index contributed by atoms with van der Waals surface area (Å²) in [6, 6.07) is 10.8. The second-order valence-corrected chi connectivity index (χ2v) is 2.80. The van der Waals surface area contributed by atoms with Crippen LogP contribution in [0.4, 0.5) is 5.69 Å². The quantitative estimate of drug-likeness (QED) is 0.588. The van der Waals surface area contributed by atoms with E-state index in [1.165, 1.54) is 24.3 Å². The van der Waals surface area contributed by atoms with Gasteiger partial charge in [-0.15, -0.1) is 0 Å². The highest BCUT2D eigenvalue weighted by atomic mass is 16.6. The van der Waals surface area contributed by atoms with E-state index in [2.05, 4.69) is 4.98 Å². The minimum absolute atomic E-state index is 0.0159. The molecule has 0 saturated carbocycles. The van der Waals surface area contributed by atoms with Gasteiger partial charge in [-0.1, -0.05) is 6.07 Å². The van der Waals surface area contributed by atoms with Gasteiger partial charge in [0.05, 0.1) is 4.92 Å². The van der Waals surface area contributed by atoms with Crippen molar-refractivity contribution in [1.29, 1.82) is 0 Å². The average molecular weight is 218 g/mol. The summed E-state index contributed by atoms with van der Waals surface area (Å²) in [6.07, 6.45) is 3.50. The number of aromatic hydroxyl groups is 1. The van der Waals surface area contributed by atoms with Crippen molar-refractivity contribution in [3.63, 3.8) is 0 Å². The Balaban J connectivity index is 0.000000181. The molecule has 1 aromatic carbocycles. The number of hydrogen-bond donors (Lipinski definition) is 1. The van der Waals surface area contributed by atoms with E-state index in [4.69, 9.17) is 5.11 Å². The van der Waals surface area contributed by atoms with Crippen molar-refractivity contribution in [2.45, 2.75) is 0 Å². The van der Waals surface area contributed by atoms with Crippen molar-refractivity contribution < 1.29 is 10.0 Å². The summed E-state index contributed by atoms with van der Waals surface area (Å²) in [5.41, 5.74) is -0.0159. The Morgan fingerprint density at radius 3 is 1.94 bits per heavy atom. The third kappa shape index (κ3) is 4.19. The molecule has 1 N–H and O–H groups in total. The number of nitro benzene ring substituents is 1. The number of non-ortho nitro benzene ring substituents is 1. The van der Waals surface area contributed by atoms with Gasteiger partial charge in [0, 0.05) is 24.5 Å². The van der Waals surface area contributed by atoms with Crippen molar-refractivity contribution in [3.8, 4) is 5.75 Å². The van der Waals surface area contributed by atoms with Crippen LogP contribution in [0.15, 0.2) is 54.9 Å². The first kappa shape index (κ1) is 11.6. The van der Waals surface area contributed by atoms with E-state index in [-0.39, 0.29) is 11.4 Å². The van der Waals surface area contributed by atoms with Gasteiger partial charge in [0.1, 0.15) is 5.75 Å². The number of nitrogens with zero attached hydrogens (tertiary/aromatic N) is 2. The van der Waals surface area contributed by atoms with Crippen LogP contribution in [0, 0.1) is 10.1 Å². The molecule has 2 rings (SSSR count). The minimum Gasteiger partial charge on any atom is -0.508 e. The van der Waals surface area contributed by atoms with Crippen molar-refractivity contribution in [3.05, 3.63) is 65.0 Å². The van der Waals surface area contributed by atoms with Crippen LogP contribution in [0.2, 0.25) is 0 Å². The third-order valence-electron chi connectivity index (χ3n) is 1.63. The molecule has 0 unspecified atom stereocenters. The van der Waals surface area contributed by atoms with E-state index in [9.17, 15) is 10.1 Å². The number of aromatic nitrogens is 1. The second-order valence-electron chi connectivity index (χ2n) is 2.80. The van der Waals surface area contributed by atoms with E-state index in [1.807, 2.05) is 18.2 Å². The van der Waals surface area contributed by atoms with E-state index in [1.54, 1.807) is 12.4 Å². The first-order valence-corrected chi connectivity index (χ1v) is 4.48. The lowest BCUT2D eigenvalue weighted by Gasteiger charge is -1.89. The monoisotopic (exact) mass is 218 g/mol. The lowest BCUT2D eigenvalue weighted by atomic mass is 10.3. The lowest BCUT2D eigenvalue weighted by Crippen LogP contribution is -1.85. The van der Waals surface area contributed by atoms with Gasteiger partial charge in [-0.2, -0.15) is 0 Å². The molecule has 82 valence electrons. The summed E-state index contributed by atoms with van der Waals surface area (Å²) in [5, 5.41) is 18.8. The molecule has 0 radical (unpaired) electrons. The number of phenols is 1. The number of benzene rings is 1. The summed E-state index contributed by atoms with van der Waals surface area (Å²) in [4.78, 5) is 13.3. The Bertz CT molecular complexity index is 402. The highest BCUT2D eigenvalue weighted by Gasteiger charge is 2.01. The highest BCUT2D eigenvalue weighted by molar-refractivity contribution is 5.34. The smallest absolute Gasteiger partial charge is 0.269 e. The van der Waals surface area contributed by atoms with E-state index < -0.39 is 4.92 Å². The average Bonchev–Trinajstić information content (AvgIpc) is 2.32. The fraction of sp³-hybridized carbons (Fsp3) is 0. The summed E-state index contributed by atoms with van der Waals surface area (Å²) >= 11 is 0. The largest absolute Gasteiger partial charge is 0.508 e. The molecule has 5 nitrogen and oxygen atoms in total. The lowest BCUT2D eigenvalue weighted by molar-refractivity contribution is -0.384. The van der Waals surface area contributed by atoms with E-state index in [0.29, 0.717) is 0 Å². The van der Waals surface area contributed by atoms with Crippen LogP contribution in [0.5, 0.6) is 5.75 Å². The first-order chi connectivity index (χ1) is 7.70. The van der Waals surface area contributed by atoms with Crippen LogP contribution in [-0.4, -0.2) is 15.0 Å². The van der Waals surface area contributed by atoms with Crippen LogP contribution in [0.3, 0.4) is 0 Å². The predicted octanol–water partition coefficient (Wildman–Crippen LogP) is 2.38. The van der Waals surface area contributed by atoms with Gasteiger partial charge in [-0.05, 0) is 24.3 Å². The molecule has 5 heteroatoms. The zero-order valence-electron chi connectivity index (χ0n) is 8.35. The van der Waals surface area contributed by atoms with Gasteiger partial charge < -0.3 is 5.11 Å². The molecule has 16 heavy (non-hydrogen) atoms. The maximum atomic E-state index is 10.0. The van der Waals surface area contributed by atoms with Crippen molar-refractivity contribution in [2.24, 2.45) is 0 Å². The van der Waals surface area contributed by atoms with Crippen LogP contribution in [0.1, 0.15) is 0 Å². The topological polar surface area (TPSA) is 76.3 Å². The fourth-order valence-corrected chi connectivity index (χ4v) is 0.887. The minimum atomic E-state index is -0.514. The van der Waals surface area contributed by atoms with Crippen molar-refractivity contribution in [2.75, 3.05) is 0 Å². The summed E-state index contributed by atoms with van der Waals surface area (Å²) in [5.74, 6) is 0.0330. The molecule has 1 heterocycles. The third-order valence-corrected chi connectivity index (χ3v) is 1.63. The maximum Gasteiger partial charge on any atom is 0.269 e. The number of phenolic OH excluding ortho intramolecular Hbond substituents is 1. The number of rotatable bonds is 1. The van der Waals surface area contributed by atoms with Gasteiger partial charge in [-0.3, -0.25) is 15.1 Å². The molecule has 2 aromatic rings. The molecule has 0 saturated heterocycles. The zero-order valence-corrected chi connectivity index (χ0v) is 8.35. The van der Waals surface area contributed by atoms with Crippen LogP contribution in [0.25, 0.3) is 0 Å². The van der Waals surface area contributed by atoms with Crippen molar-refractivity contribution >= 4 is 5.69 Å². The summed E-state index contributed by atoms with van der Waals surface area (Å²) in [6.45, 7) is 0. The Morgan fingerprint density at radius 1 is 1.06 bits per heavy atom. The first-order valence-electron chi connectivity index (χ1n) is 4.48. The van der Waals surface area contributed by atoms with Gasteiger partial charge in [0.2, 0.25) is 0 Å². The molecule has 0 spiro atoms. The standard InChI is InChI=1S/C6H5NO3.C5H5N/c8-6-3-1-5(2-4-6)7(9)10;1-2-4-6-5-3-1/h1-4,8H;1-5H. The van der Waals surface area contributed by atoms with E-state index in [0.717, 1.165) is 0 Å². The highest BCUT2D eigenvalue weighted by Crippen LogP contribution is 2.14. The molecule has 0 atom stereocenters. The fourth-order valence-electron chi connectivity index (χ4n) is 0.887. The van der Waals surface area contributed by atoms with Gasteiger partial charge >= 0.3 is 0 Å². The SMILES string of the molecule is O=[N+]([O-])c1ccc(O)cc1.c1ccncc1. The molecular formula is C11H10N2O3. The number of pyridine rings is 1. The normalized spacial score (nSPS) is 8.75. The predicted molar refractivity (Wildman–Crippen MR) is 59.0 cm³/mol. The molecule has 1 aromatic heterocycles. The van der Waals surface area contributed by atoms with Crippen LogP contribution < -0.4 is 0 Å². The second kappa shape index (κ2) is 6.13.